The molecular formula is C17H15N5O. The van der Waals surface area contributed by atoms with Gasteiger partial charge in [0.05, 0.1) is 12.8 Å². The zero-order valence-corrected chi connectivity index (χ0v) is 12.8. The molecule has 0 atom stereocenters. The van der Waals surface area contributed by atoms with Crippen LogP contribution in [0.2, 0.25) is 0 Å². The Labute approximate surface area is 132 Å². The van der Waals surface area contributed by atoms with Crippen molar-refractivity contribution in [1.29, 1.82) is 0 Å². The lowest BCUT2D eigenvalue weighted by Crippen LogP contribution is -1.94. The van der Waals surface area contributed by atoms with Gasteiger partial charge in [0.1, 0.15) is 11.5 Å². The van der Waals surface area contributed by atoms with E-state index in [2.05, 4.69) is 19.9 Å². The molecule has 0 unspecified atom stereocenters. The smallest absolute Gasteiger partial charge is 0.214 e. The molecule has 0 aliphatic heterocycles. The van der Waals surface area contributed by atoms with Gasteiger partial charge in [-0.05, 0) is 25.1 Å². The largest absolute Gasteiger partial charge is 0.481 e. The lowest BCUT2D eigenvalue weighted by atomic mass is 10.0. The molecule has 4 rings (SSSR count). The van der Waals surface area contributed by atoms with E-state index >= 15 is 0 Å². The lowest BCUT2D eigenvalue weighted by molar-refractivity contribution is 0.399. The highest BCUT2D eigenvalue weighted by atomic mass is 16.5. The molecule has 0 saturated carbocycles. The van der Waals surface area contributed by atoms with E-state index in [4.69, 9.17) is 10.5 Å². The fraction of sp³-hybridized carbons (Fsp3) is 0.118. The molecule has 0 aliphatic rings. The second-order valence-corrected chi connectivity index (χ2v) is 5.33. The molecular weight excluding hydrogens is 290 g/mol. The number of pyridine rings is 3. The number of nitrogen functional groups attached to an aromatic ring is 1. The first-order chi connectivity index (χ1) is 11.2. The van der Waals surface area contributed by atoms with E-state index in [1.165, 1.54) is 0 Å². The van der Waals surface area contributed by atoms with Gasteiger partial charge in [0, 0.05) is 45.9 Å². The van der Waals surface area contributed by atoms with E-state index in [0.717, 1.165) is 38.8 Å². The van der Waals surface area contributed by atoms with Crippen molar-refractivity contribution in [2.45, 2.75) is 6.92 Å². The van der Waals surface area contributed by atoms with E-state index in [1.807, 2.05) is 31.2 Å². The number of anilines is 1. The van der Waals surface area contributed by atoms with Crippen LogP contribution in [0, 0.1) is 6.92 Å². The standard InChI is InChI=1S/C17H15N5O/c1-9-14(12-3-4-13(23-2)22-17(12)21-9)15-10-5-8-20-16(18)11(10)6-7-19-15/h3-8H,1-2H3,(H2,18,20)(H,21,22). The quantitative estimate of drug-likeness (QED) is 0.594. The van der Waals surface area contributed by atoms with Crippen LogP contribution in [0.25, 0.3) is 33.1 Å². The fourth-order valence-electron chi connectivity index (χ4n) is 2.93. The van der Waals surface area contributed by atoms with Gasteiger partial charge in [0.15, 0.2) is 0 Å². The van der Waals surface area contributed by atoms with Crippen LogP contribution in [-0.4, -0.2) is 27.0 Å². The highest BCUT2D eigenvalue weighted by molar-refractivity contribution is 6.06. The average Bonchev–Trinajstić information content (AvgIpc) is 2.89. The highest BCUT2D eigenvalue weighted by Crippen LogP contribution is 2.35. The minimum Gasteiger partial charge on any atom is -0.481 e. The molecule has 6 nitrogen and oxygen atoms in total. The van der Waals surface area contributed by atoms with Gasteiger partial charge in [-0.15, -0.1) is 0 Å². The summed E-state index contributed by atoms with van der Waals surface area (Å²) in [5.74, 6) is 1.08. The van der Waals surface area contributed by atoms with Gasteiger partial charge in [-0.2, -0.15) is 4.98 Å². The Morgan fingerprint density at radius 2 is 1.78 bits per heavy atom. The molecule has 0 amide bonds. The van der Waals surface area contributed by atoms with Crippen molar-refractivity contribution in [1.82, 2.24) is 19.9 Å². The zero-order valence-electron chi connectivity index (χ0n) is 12.8. The summed E-state index contributed by atoms with van der Waals surface area (Å²) in [7, 11) is 1.60. The lowest BCUT2D eigenvalue weighted by Gasteiger charge is -2.07. The van der Waals surface area contributed by atoms with E-state index in [1.54, 1.807) is 19.5 Å². The van der Waals surface area contributed by atoms with Gasteiger partial charge in [0.2, 0.25) is 5.88 Å². The first-order valence-corrected chi connectivity index (χ1v) is 7.22. The van der Waals surface area contributed by atoms with Gasteiger partial charge in [-0.1, -0.05) is 0 Å². The second-order valence-electron chi connectivity index (χ2n) is 5.33. The maximum absolute atomic E-state index is 5.99. The maximum Gasteiger partial charge on any atom is 0.214 e. The van der Waals surface area contributed by atoms with Gasteiger partial charge >= 0.3 is 0 Å². The highest BCUT2D eigenvalue weighted by Gasteiger charge is 2.16. The fourth-order valence-corrected chi connectivity index (χ4v) is 2.93. The maximum atomic E-state index is 5.99. The third kappa shape index (κ3) is 1.99. The number of aromatic amines is 1. The number of hydrogen-bond donors (Lipinski definition) is 2. The molecule has 0 spiro atoms. The zero-order chi connectivity index (χ0) is 16.0. The summed E-state index contributed by atoms with van der Waals surface area (Å²) >= 11 is 0. The number of methoxy groups -OCH3 is 1. The molecule has 0 fully saturated rings. The van der Waals surface area contributed by atoms with Gasteiger partial charge in [-0.3, -0.25) is 4.98 Å². The Balaban J connectivity index is 2.07. The summed E-state index contributed by atoms with van der Waals surface area (Å²) < 4.78 is 5.19. The number of nitrogens with one attached hydrogen (secondary N) is 1. The summed E-state index contributed by atoms with van der Waals surface area (Å²) in [6.07, 6.45) is 3.46. The average molecular weight is 305 g/mol. The molecule has 4 heterocycles. The van der Waals surface area contributed by atoms with Crippen molar-refractivity contribution >= 4 is 27.6 Å². The van der Waals surface area contributed by atoms with Crippen LogP contribution in [0.4, 0.5) is 5.82 Å². The molecule has 0 saturated heterocycles. The molecule has 23 heavy (non-hydrogen) atoms. The molecule has 0 radical (unpaired) electrons. The van der Waals surface area contributed by atoms with E-state index in [9.17, 15) is 0 Å². The molecule has 114 valence electrons. The van der Waals surface area contributed by atoms with Crippen LogP contribution >= 0.6 is 0 Å². The van der Waals surface area contributed by atoms with E-state index in [-0.39, 0.29) is 0 Å². The number of aryl methyl sites for hydroxylation is 1. The summed E-state index contributed by atoms with van der Waals surface area (Å²) in [4.78, 5) is 16.5. The summed E-state index contributed by atoms with van der Waals surface area (Å²) in [5.41, 5.74) is 9.65. The molecule has 0 aromatic carbocycles. The minimum atomic E-state index is 0.503. The number of rotatable bonds is 2. The van der Waals surface area contributed by atoms with Crippen molar-refractivity contribution in [3.05, 3.63) is 42.4 Å². The topological polar surface area (TPSA) is 89.7 Å². The van der Waals surface area contributed by atoms with E-state index < -0.39 is 0 Å². The first-order valence-electron chi connectivity index (χ1n) is 7.22. The predicted molar refractivity (Wildman–Crippen MR) is 90.3 cm³/mol. The van der Waals surface area contributed by atoms with Gasteiger partial charge in [0.25, 0.3) is 0 Å². The molecule has 4 aromatic heterocycles. The molecule has 6 heteroatoms. The number of nitrogens with zero attached hydrogens (tertiary/aromatic N) is 3. The molecule has 4 aromatic rings. The molecule has 3 N–H and O–H groups in total. The Bertz CT molecular complexity index is 1040. The number of aromatic nitrogens is 4. The van der Waals surface area contributed by atoms with Crippen LogP contribution in [0.1, 0.15) is 5.69 Å². The normalized spacial score (nSPS) is 11.2. The Hall–Kier alpha value is -3.15. The third-order valence-corrected chi connectivity index (χ3v) is 3.99. The van der Waals surface area contributed by atoms with Crippen molar-refractivity contribution < 1.29 is 4.74 Å². The Morgan fingerprint density at radius 1 is 1.00 bits per heavy atom. The summed E-state index contributed by atoms with van der Waals surface area (Å²) in [6, 6.07) is 7.65. The number of ether oxygens (including phenoxy) is 1. The van der Waals surface area contributed by atoms with Crippen LogP contribution in [-0.2, 0) is 0 Å². The Kier molecular flexibility index (Phi) is 2.90. The second kappa shape index (κ2) is 4.95. The van der Waals surface area contributed by atoms with Gasteiger partial charge < -0.3 is 15.5 Å². The van der Waals surface area contributed by atoms with Crippen molar-refractivity contribution in [2.75, 3.05) is 12.8 Å². The van der Waals surface area contributed by atoms with Crippen LogP contribution in [0.15, 0.2) is 36.7 Å². The van der Waals surface area contributed by atoms with Crippen molar-refractivity contribution in [3.63, 3.8) is 0 Å². The van der Waals surface area contributed by atoms with Crippen LogP contribution < -0.4 is 10.5 Å². The number of fused-ring (bicyclic) bond motifs is 2. The summed E-state index contributed by atoms with van der Waals surface area (Å²) in [6.45, 7) is 2.01. The van der Waals surface area contributed by atoms with Crippen molar-refractivity contribution in [2.24, 2.45) is 0 Å². The summed E-state index contributed by atoms with van der Waals surface area (Å²) in [5, 5.41) is 2.87. The monoisotopic (exact) mass is 305 g/mol. The van der Waals surface area contributed by atoms with Crippen LogP contribution in [0.3, 0.4) is 0 Å². The first kappa shape index (κ1) is 13.5. The third-order valence-electron chi connectivity index (χ3n) is 3.99. The molecule has 0 bridgehead atoms. The van der Waals surface area contributed by atoms with E-state index in [0.29, 0.717) is 11.7 Å². The number of H-pyrrole nitrogens is 1. The SMILES string of the molecule is COc1ccc2c(-c3nccc4c(N)nccc34)c(C)[nH]c2n1. The van der Waals surface area contributed by atoms with Crippen molar-refractivity contribution in [3.8, 4) is 17.1 Å². The van der Waals surface area contributed by atoms with Gasteiger partial charge in [-0.25, -0.2) is 4.98 Å². The minimum absolute atomic E-state index is 0.503. The number of hydrogen-bond acceptors (Lipinski definition) is 5. The predicted octanol–water partition coefficient (Wildman–Crippen LogP) is 3.07. The van der Waals surface area contributed by atoms with Crippen LogP contribution in [0.5, 0.6) is 5.88 Å². The number of nitrogens with two attached hydrogens (primary N) is 1. The Morgan fingerprint density at radius 3 is 2.61 bits per heavy atom. The molecule has 0 aliphatic carbocycles.